The maximum atomic E-state index is 11.9. The zero-order valence-electron chi connectivity index (χ0n) is 19.9. The summed E-state index contributed by atoms with van der Waals surface area (Å²) in [5.41, 5.74) is 3.43. The molecule has 0 aliphatic carbocycles. The molecular formula is C25H23N5O5S. The molecular weight excluding hydrogens is 482 g/mol. The van der Waals surface area contributed by atoms with Crippen molar-refractivity contribution in [3.05, 3.63) is 53.3 Å². The van der Waals surface area contributed by atoms with Crippen LogP contribution in [0.1, 0.15) is 16.8 Å². The van der Waals surface area contributed by atoms with Crippen LogP contribution in [-0.4, -0.2) is 47.1 Å². The molecule has 0 spiro atoms. The van der Waals surface area contributed by atoms with E-state index in [9.17, 15) is 4.79 Å². The number of carbonyl (C=O) groups excluding carboxylic acids is 1. The van der Waals surface area contributed by atoms with E-state index in [-0.39, 0.29) is 5.91 Å². The third-order valence-corrected chi connectivity index (χ3v) is 6.76. The van der Waals surface area contributed by atoms with Gasteiger partial charge in [-0.15, -0.1) is 6.42 Å². The van der Waals surface area contributed by atoms with Crippen molar-refractivity contribution in [1.29, 1.82) is 0 Å². The molecule has 11 heteroatoms. The van der Waals surface area contributed by atoms with Gasteiger partial charge in [-0.1, -0.05) is 5.16 Å². The quantitative estimate of drug-likeness (QED) is 0.284. The van der Waals surface area contributed by atoms with Crippen molar-refractivity contribution in [3.8, 4) is 29.6 Å². The SMILES string of the molecule is C#CC(=O)N1Cc2cnn(Cc3cc(OC)c4c(NSc5cc(OC)ccc5OC)noc4c3)c2C1. The number of nitrogens with one attached hydrogen (secondary N) is 1. The van der Waals surface area contributed by atoms with E-state index in [1.807, 2.05) is 35.0 Å². The molecule has 2 aromatic heterocycles. The van der Waals surface area contributed by atoms with Gasteiger partial charge in [-0.2, -0.15) is 5.10 Å². The largest absolute Gasteiger partial charge is 0.497 e. The van der Waals surface area contributed by atoms with Gasteiger partial charge in [0, 0.05) is 5.56 Å². The summed E-state index contributed by atoms with van der Waals surface area (Å²) in [5.74, 6) is 4.38. The second-order valence-corrected chi connectivity index (χ2v) is 8.85. The number of ether oxygens (including phenoxy) is 3. The summed E-state index contributed by atoms with van der Waals surface area (Å²) in [7, 11) is 4.82. The third kappa shape index (κ3) is 4.27. The Morgan fingerprint density at radius 1 is 1.17 bits per heavy atom. The van der Waals surface area contributed by atoms with Crippen LogP contribution in [0.3, 0.4) is 0 Å². The monoisotopic (exact) mass is 505 g/mol. The number of rotatable bonds is 8. The Balaban J connectivity index is 1.39. The van der Waals surface area contributed by atoms with E-state index in [0.29, 0.717) is 53.7 Å². The number of fused-ring (bicyclic) bond motifs is 2. The van der Waals surface area contributed by atoms with Crippen LogP contribution in [0.15, 0.2) is 45.9 Å². The van der Waals surface area contributed by atoms with Crippen molar-refractivity contribution in [3.63, 3.8) is 0 Å². The molecule has 4 aromatic rings. The van der Waals surface area contributed by atoms with Crippen LogP contribution < -0.4 is 18.9 Å². The number of amides is 1. The number of terminal acetylenes is 1. The summed E-state index contributed by atoms with van der Waals surface area (Å²) in [6, 6.07) is 9.37. The van der Waals surface area contributed by atoms with Gasteiger partial charge in [-0.05, 0) is 53.8 Å². The molecule has 5 rings (SSSR count). The van der Waals surface area contributed by atoms with Gasteiger partial charge in [0.2, 0.25) is 0 Å². The first-order valence-electron chi connectivity index (χ1n) is 10.9. The normalized spacial score (nSPS) is 12.3. The zero-order chi connectivity index (χ0) is 25.2. The first-order valence-corrected chi connectivity index (χ1v) is 11.8. The summed E-state index contributed by atoms with van der Waals surface area (Å²) in [4.78, 5) is 14.3. The number of nitrogens with zero attached hydrogens (tertiary/aromatic N) is 4. The Morgan fingerprint density at radius 2 is 2.00 bits per heavy atom. The van der Waals surface area contributed by atoms with Crippen molar-refractivity contribution in [2.75, 3.05) is 26.1 Å². The number of anilines is 1. The summed E-state index contributed by atoms with van der Waals surface area (Å²) < 4.78 is 27.2. The number of methoxy groups -OCH3 is 3. The van der Waals surface area contributed by atoms with Crippen molar-refractivity contribution < 1.29 is 23.5 Å². The molecule has 0 saturated carbocycles. The molecule has 0 bridgehead atoms. The van der Waals surface area contributed by atoms with Crippen molar-refractivity contribution in [1.82, 2.24) is 19.8 Å². The Hall–Kier alpha value is -4.30. The maximum absolute atomic E-state index is 11.9. The highest BCUT2D eigenvalue weighted by atomic mass is 32.2. The topological polar surface area (TPSA) is 104 Å². The highest BCUT2D eigenvalue weighted by molar-refractivity contribution is 8.00. The average molecular weight is 506 g/mol. The van der Waals surface area contributed by atoms with Crippen LogP contribution in [0.5, 0.6) is 17.2 Å². The van der Waals surface area contributed by atoms with Crippen LogP contribution in [0.25, 0.3) is 11.0 Å². The molecule has 0 saturated heterocycles. The molecule has 1 N–H and O–H groups in total. The highest BCUT2D eigenvalue weighted by Crippen LogP contribution is 2.38. The standard InChI is InChI=1S/C25H23N5O5S/c1-5-23(31)29-13-16-11-26-30(18(16)14-29)12-15-8-20(34-4)24-21(9-15)35-27-25(24)28-36-22-10-17(32-2)6-7-19(22)33-3/h1,6-11H,12-14H2,2-4H3,(H,27,28). The number of benzene rings is 2. The minimum absolute atomic E-state index is 0.327. The first kappa shape index (κ1) is 23.4. The fraction of sp³-hybridized carbons (Fsp3) is 0.240. The number of carbonyl (C=O) groups is 1. The van der Waals surface area contributed by atoms with Crippen molar-refractivity contribution in [2.45, 2.75) is 24.5 Å². The first-order chi connectivity index (χ1) is 17.5. The molecule has 0 radical (unpaired) electrons. The second kappa shape index (κ2) is 9.75. The summed E-state index contributed by atoms with van der Waals surface area (Å²) in [6.07, 6.45) is 7.05. The molecule has 0 unspecified atom stereocenters. The van der Waals surface area contributed by atoms with Crippen molar-refractivity contribution >= 4 is 34.6 Å². The van der Waals surface area contributed by atoms with E-state index in [2.05, 4.69) is 20.9 Å². The van der Waals surface area contributed by atoms with Gasteiger partial charge < -0.3 is 28.4 Å². The molecule has 1 aliphatic rings. The molecule has 10 nitrogen and oxygen atoms in total. The number of hydrogen-bond donors (Lipinski definition) is 1. The second-order valence-electron chi connectivity index (χ2n) is 8.00. The van der Waals surface area contributed by atoms with E-state index in [4.69, 9.17) is 25.2 Å². The lowest BCUT2D eigenvalue weighted by atomic mass is 10.1. The summed E-state index contributed by atoms with van der Waals surface area (Å²) in [5, 5.41) is 9.41. The van der Waals surface area contributed by atoms with Crippen molar-refractivity contribution in [2.24, 2.45) is 0 Å². The van der Waals surface area contributed by atoms with Gasteiger partial charge in [-0.3, -0.25) is 9.48 Å². The summed E-state index contributed by atoms with van der Waals surface area (Å²) >= 11 is 1.33. The summed E-state index contributed by atoms with van der Waals surface area (Å²) in [6.45, 7) is 1.37. The van der Waals surface area contributed by atoms with Gasteiger partial charge in [-0.25, -0.2) is 0 Å². The molecule has 36 heavy (non-hydrogen) atoms. The van der Waals surface area contributed by atoms with E-state index < -0.39 is 0 Å². The molecule has 2 aromatic carbocycles. The minimum atomic E-state index is -0.327. The molecule has 3 heterocycles. The van der Waals surface area contributed by atoms with Crippen LogP contribution >= 0.6 is 11.9 Å². The molecule has 1 amide bonds. The van der Waals surface area contributed by atoms with Gasteiger partial charge in [0.25, 0.3) is 5.91 Å². The van der Waals surface area contributed by atoms with Gasteiger partial charge in [0.1, 0.15) is 22.6 Å². The fourth-order valence-corrected chi connectivity index (χ4v) is 4.90. The third-order valence-electron chi connectivity index (χ3n) is 5.93. The molecule has 184 valence electrons. The Labute approximate surface area is 211 Å². The van der Waals surface area contributed by atoms with E-state index in [0.717, 1.165) is 21.7 Å². The van der Waals surface area contributed by atoms with Crippen LogP contribution in [0, 0.1) is 12.3 Å². The van der Waals surface area contributed by atoms with Gasteiger partial charge >= 0.3 is 0 Å². The number of hydrogen-bond acceptors (Lipinski definition) is 9. The van der Waals surface area contributed by atoms with E-state index in [1.165, 1.54) is 11.9 Å². The average Bonchev–Trinajstić information content (AvgIpc) is 3.62. The number of aromatic nitrogens is 3. The maximum Gasteiger partial charge on any atom is 0.298 e. The highest BCUT2D eigenvalue weighted by Gasteiger charge is 2.26. The van der Waals surface area contributed by atoms with Crippen LogP contribution in [0.2, 0.25) is 0 Å². The van der Waals surface area contributed by atoms with E-state index in [1.54, 1.807) is 32.4 Å². The predicted molar refractivity (Wildman–Crippen MR) is 134 cm³/mol. The lowest BCUT2D eigenvalue weighted by molar-refractivity contribution is -0.125. The lowest BCUT2D eigenvalue weighted by Gasteiger charge is -2.13. The van der Waals surface area contributed by atoms with Gasteiger partial charge in [0.15, 0.2) is 11.4 Å². The Bertz CT molecular complexity index is 1490. The van der Waals surface area contributed by atoms with Crippen LogP contribution in [-0.2, 0) is 24.4 Å². The lowest BCUT2D eigenvalue weighted by Crippen LogP contribution is -2.24. The smallest absolute Gasteiger partial charge is 0.298 e. The Morgan fingerprint density at radius 3 is 2.75 bits per heavy atom. The minimum Gasteiger partial charge on any atom is -0.497 e. The molecule has 0 atom stereocenters. The predicted octanol–water partition coefficient (Wildman–Crippen LogP) is 3.69. The van der Waals surface area contributed by atoms with Crippen LogP contribution in [0.4, 0.5) is 5.82 Å². The Kier molecular flexibility index (Phi) is 6.35. The molecule has 1 aliphatic heterocycles. The van der Waals surface area contributed by atoms with Gasteiger partial charge in [0.05, 0.1) is 57.7 Å². The molecule has 0 fully saturated rings. The fourth-order valence-electron chi connectivity index (χ4n) is 4.13. The van der Waals surface area contributed by atoms with E-state index >= 15 is 0 Å². The zero-order valence-corrected chi connectivity index (χ0v) is 20.7.